The van der Waals surface area contributed by atoms with Crippen LogP contribution in [0.25, 0.3) is 0 Å². The third-order valence-corrected chi connectivity index (χ3v) is 5.25. The largest absolute Gasteiger partial charge is 0.572 e. The standard InChI is InChI=1S/C10H14O5PS/c1-13-16(11)14-7-9(15-16)8-17(12)10-5-3-2-4-6-10/h2-6,9,11H,7-8H2,1H3/q+1. The minimum atomic E-state index is -3.14. The lowest BCUT2D eigenvalue weighted by Crippen LogP contribution is -2.18. The molecule has 94 valence electrons. The van der Waals surface area contributed by atoms with Crippen LogP contribution in [0.5, 0.6) is 0 Å². The maximum atomic E-state index is 12.0. The molecule has 0 spiro atoms. The number of benzene rings is 1. The quantitative estimate of drug-likeness (QED) is 0.845. The monoisotopic (exact) mass is 277 g/mol. The highest BCUT2D eigenvalue weighted by atomic mass is 32.2. The van der Waals surface area contributed by atoms with Gasteiger partial charge in [-0.3, -0.25) is 4.21 Å². The second-order valence-electron chi connectivity index (χ2n) is 3.50. The van der Waals surface area contributed by atoms with Crippen molar-refractivity contribution in [2.75, 3.05) is 19.5 Å². The molecule has 1 N–H and O–H groups in total. The summed E-state index contributed by atoms with van der Waals surface area (Å²) < 4.78 is 27.0. The number of hydrogen-bond acceptors (Lipinski definition) is 5. The molecule has 0 bridgehead atoms. The first-order chi connectivity index (χ1) is 8.13. The molecule has 0 radical (unpaired) electrons. The van der Waals surface area contributed by atoms with Crippen LogP contribution >= 0.6 is 8.17 Å². The van der Waals surface area contributed by atoms with Crippen molar-refractivity contribution < 1.29 is 22.7 Å². The average molecular weight is 277 g/mol. The molecule has 3 unspecified atom stereocenters. The molecule has 7 heteroatoms. The predicted molar refractivity (Wildman–Crippen MR) is 64.7 cm³/mol. The third-order valence-electron chi connectivity index (χ3n) is 2.28. The molecule has 0 aliphatic carbocycles. The zero-order valence-electron chi connectivity index (χ0n) is 9.31. The van der Waals surface area contributed by atoms with E-state index in [9.17, 15) is 9.10 Å². The van der Waals surface area contributed by atoms with Gasteiger partial charge >= 0.3 is 8.17 Å². The van der Waals surface area contributed by atoms with Crippen LogP contribution in [0.15, 0.2) is 35.2 Å². The summed E-state index contributed by atoms with van der Waals surface area (Å²) in [7, 11) is -2.98. The Kier molecular flexibility index (Phi) is 4.25. The van der Waals surface area contributed by atoms with E-state index in [-0.39, 0.29) is 12.4 Å². The lowest BCUT2D eigenvalue weighted by Gasteiger charge is -2.06. The highest BCUT2D eigenvalue weighted by molar-refractivity contribution is 7.85. The first kappa shape index (κ1) is 13.1. The Morgan fingerprint density at radius 2 is 2.24 bits per heavy atom. The van der Waals surface area contributed by atoms with Crippen LogP contribution in [0, 0.1) is 0 Å². The molecule has 1 saturated heterocycles. The normalized spacial score (nSPS) is 30.4. The molecule has 1 aromatic carbocycles. The van der Waals surface area contributed by atoms with Gasteiger partial charge in [0.25, 0.3) is 0 Å². The Labute approximate surface area is 103 Å². The Morgan fingerprint density at radius 1 is 1.53 bits per heavy atom. The lowest BCUT2D eigenvalue weighted by molar-refractivity contribution is 0.172. The molecular formula is C10H14O5PS+. The second-order valence-corrected chi connectivity index (χ2v) is 6.77. The van der Waals surface area contributed by atoms with Crippen molar-refractivity contribution in [3.05, 3.63) is 30.3 Å². The molecule has 1 aliphatic heterocycles. The van der Waals surface area contributed by atoms with Gasteiger partial charge in [-0.1, -0.05) is 18.2 Å². The summed E-state index contributed by atoms with van der Waals surface area (Å²) in [6.07, 6.45) is -0.394. The first-order valence-corrected chi connectivity index (χ1v) is 7.88. The van der Waals surface area contributed by atoms with Gasteiger partial charge < -0.3 is 0 Å². The minimum Gasteiger partial charge on any atom is -0.254 e. The van der Waals surface area contributed by atoms with Crippen LogP contribution in [-0.2, 0) is 24.4 Å². The van der Waals surface area contributed by atoms with E-state index >= 15 is 0 Å². The zero-order valence-corrected chi connectivity index (χ0v) is 11.0. The summed E-state index contributed by atoms with van der Waals surface area (Å²) in [5.74, 6) is 0.287. The van der Waals surface area contributed by atoms with Crippen LogP contribution in [-0.4, -0.2) is 34.7 Å². The van der Waals surface area contributed by atoms with Gasteiger partial charge in [0.15, 0.2) is 6.10 Å². The summed E-state index contributed by atoms with van der Waals surface area (Å²) >= 11 is 0. The maximum absolute atomic E-state index is 12.0. The summed E-state index contributed by atoms with van der Waals surface area (Å²) in [6, 6.07) is 9.12. The topological polar surface area (TPSA) is 65.0 Å². The Bertz CT molecular complexity index is 401. The zero-order chi connectivity index (χ0) is 12.3. The fraction of sp³-hybridized carbons (Fsp3) is 0.400. The molecule has 0 aromatic heterocycles. The van der Waals surface area contributed by atoms with Crippen LogP contribution < -0.4 is 0 Å². The summed E-state index contributed by atoms with van der Waals surface area (Å²) in [6.45, 7) is 0.205. The van der Waals surface area contributed by atoms with E-state index in [1.807, 2.05) is 18.2 Å². The Balaban J connectivity index is 1.93. The molecule has 1 fully saturated rings. The van der Waals surface area contributed by atoms with Crippen molar-refractivity contribution in [3.63, 3.8) is 0 Å². The van der Waals surface area contributed by atoms with Crippen LogP contribution in [0.4, 0.5) is 0 Å². The van der Waals surface area contributed by atoms with Gasteiger partial charge in [-0.25, -0.2) is 0 Å². The van der Waals surface area contributed by atoms with Crippen LogP contribution in [0.2, 0.25) is 0 Å². The second kappa shape index (κ2) is 5.52. The van der Waals surface area contributed by atoms with Crippen molar-refractivity contribution in [2.45, 2.75) is 11.0 Å². The third kappa shape index (κ3) is 3.31. The first-order valence-electron chi connectivity index (χ1n) is 5.07. The number of hydrogen-bond donors (Lipinski definition) is 1. The smallest absolute Gasteiger partial charge is 0.254 e. The van der Waals surface area contributed by atoms with E-state index in [1.54, 1.807) is 12.1 Å². The minimum absolute atomic E-state index is 0.205. The fourth-order valence-corrected chi connectivity index (χ4v) is 3.81. The van der Waals surface area contributed by atoms with Crippen LogP contribution in [0.3, 0.4) is 0 Å². The van der Waals surface area contributed by atoms with Crippen LogP contribution in [0.1, 0.15) is 0 Å². The van der Waals surface area contributed by atoms with Gasteiger partial charge in [0.2, 0.25) is 0 Å². The van der Waals surface area contributed by atoms with E-state index in [0.29, 0.717) is 0 Å². The Morgan fingerprint density at radius 3 is 2.82 bits per heavy atom. The molecule has 2 rings (SSSR count). The average Bonchev–Trinajstić information content (AvgIpc) is 2.73. The van der Waals surface area contributed by atoms with Gasteiger partial charge in [-0.15, -0.1) is 4.52 Å². The number of rotatable bonds is 4. The fourth-order valence-electron chi connectivity index (χ4n) is 1.44. The molecule has 0 amide bonds. The molecular weight excluding hydrogens is 263 g/mol. The van der Waals surface area contributed by atoms with E-state index in [1.165, 1.54) is 7.11 Å². The van der Waals surface area contributed by atoms with Gasteiger partial charge in [-0.05, 0) is 12.1 Å². The van der Waals surface area contributed by atoms with E-state index < -0.39 is 25.1 Å². The van der Waals surface area contributed by atoms with Crippen molar-refractivity contribution in [1.82, 2.24) is 0 Å². The van der Waals surface area contributed by atoms with E-state index in [0.717, 1.165) is 4.90 Å². The predicted octanol–water partition coefficient (Wildman–Crippen LogP) is 1.53. The molecule has 0 saturated carbocycles. The van der Waals surface area contributed by atoms with E-state index in [2.05, 4.69) is 0 Å². The van der Waals surface area contributed by atoms with Crippen molar-refractivity contribution in [3.8, 4) is 0 Å². The van der Waals surface area contributed by atoms with Gasteiger partial charge in [0.05, 0.1) is 23.7 Å². The highest BCUT2D eigenvalue weighted by Crippen LogP contribution is 2.62. The van der Waals surface area contributed by atoms with Gasteiger partial charge in [-0.2, -0.15) is 13.9 Å². The van der Waals surface area contributed by atoms with E-state index in [4.69, 9.17) is 13.6 Å². The molecule has 1 heterocycles. The SMILES string of the molecule is CO[P+]1(O)OCC(CS(=O)c2ccccc2)O1. The lowest BCUT2D eigenvalue weighted by atomic mass is 10.4. The van der Waals surface area contributed by atoms with Gasteiger partial charge in [0.1, 0.15) is 6.61 Å². The van der Waals surface area contributed by atoms with Crippen molar-refractivity contribution >= 4 is 19.0 Å². The van der Waals surface area contributed by atoms with Gasteiger partial charge in [0, 0.05) is 4.90 Å². The summed E-state index contributed by atoms with van der Waals surface area (Å²) in [4.78, 5) is 10.3. The highest BCUT2D eigenvalue weighted by Gasteiger charge is 2.53. The molecule has 3 atom stereocenters. The molecule has 5 nitrogen and oxygen atoms in total. The molecule has 1 aliphatic rings. The molecule has 17 heavy (non-hydrogen) atoms. The Hall–Kier alpha value is -0.360. The molecule has 1 aromatic rings. The van der Waals surface area contributed by atoms with Crippen molar-refractivity contribution in [1.29, 1.82) is 0 Å². The summed E-state index contributed by atoms with van der Waals surface area (Å²) in [5, 5.41) is 0. The maximum Gasteiger partial charge on any atom is 0.572 e. The summed E-state index contributed by atoms with van der Waals surface area (Å²) in [5.41, 5.74) is 0. The van der Waals surface area contributed by atoms with Crippen molar-refractivity contribution in [2.24, 2.45) is 0 Å².